The summed E-state index contributed by atoms with van der Waals surface area (Å²) in [6, 6.07) is 20.5. The van der Waals surface area contributed by atoms with Crippen molar-refractivity contribution in [2.75, 3.05) is 0 Å². The van der Waals surface area contributed by atoms with E-state index in [1.54, 1.807) is 32.9 Å². The highest BCUT2D eigenvalue weighted by Crippen LogP contribution is 2.46. The number of hydrogen-bond acceptors (Lipinski definition) is 4. The molecule has 0 heterocycles. The Morgan fingerprint density at radius 2 is 1.47 bits per heavy atom. The number of rotatable bonds is 3. The Balaban J connectivity index is 2.13. The second-order valence-corrected chi connectivity index (χ2v) is 8.33. The van der Waals surface area contributed by atoms with Gasteiger partial charge in [0.25, 0.3) is 0 Å². The largest absolute Gasteiger partial charge is 0.507 e. The standard InChI is InChI=1S/C26H22O4/c1-26(2,3)25(29)30-21-13-12-16-8-4-6-10-19(16)22(21)23-20-11-7-5-9-17(20)14-18(15-27)24(23)28/h4-15,28H,1-3H3. The van der Waals surface area contributed by atoms with Crippen LogP contribution in [0.4, 0.5) is 0 Å². The van der Waals surface area contributed by atoms with E-state index in [4.69, 9.17) is 4.74 Å². The van der Waals surface area contributed by atoms with Gasteiger partial charge in [0, 0.05) is 11.1 Å². The highest BCUT2D eigenvalue weighted by atomic mass is 16.5. The molecule has 0 radical (unpaired) electrons. The first-order valence-electron chi connectivity index (χ1n) is 9.75. The van der Waals surface area contributed by atoms with Gasteiger partial charge in [0.15, 0.2) is 6.29 Å². The summed E-state index contributed by atoms with van der Waals surface area (Å²) in [6.45, 7) is 5.36. The number of carbonyl (C=O) groups is 2. The lowest BCUT2D eigenvalue weighted by atomic mass is 9.90. The second kappa shape index (κ2) is 7.30. The van der Waals surface area contributed by atoms with Crippen LogP contribution in [0.1, 0.15) is 31.1 Å². The molecule has 0 fully saturated rings. The number of esters is 1. The molecule has 0 spiro atoms. The van der Waals surface area contributed by atoms with Gasteiger partial charge in [-0.25, -0.2) is 0 Å². The van der Waals surface area contributed by atoms with Gasteiger partial charge in [0.2, 0.25) is 0 Å². The van der Waals surface area contributed by atoms with Crippen molar-refractivity contribution in [2.45, 2.75) is 20.8 Å². The molecule has 0 aliphatic rings. The average molecular weight is 398 g/mol. The maximum atomic E-state index is 12.7. The van der Waals surface area contributed by atoms with Gasteiger partial charge in [-0.15, -0.1) is 0 Å². The molecule has 0 unspecified atom stereocenters. The molecule has 1 N–H and O–H groups in total. The fourth-order valence-electron chi connectivity index (χ4n) is 3.55. The van der Waals surface area contributed by atoms with Crippen LogP contribution < -0.4 is 4.74 Å². The summed E-state index contributed by atoms with van der Waals surface area (Å²) in [5.41, 5.74) is 0.550. The summed E-state index contributed by atoms with van der Waals surface area (Å²) in [4.78, 5) is 24.4. The van der Waals surface area contributed by atoms with Crippen LogP contribution in [-0.4, -0.2) is 17.4 Å². The molecule has 30 heavy (non-hydrogen) atoms. The summed E-state index contributed by atoms with van der Waals surface area (Å²) >= 11 is 0. The number of carbonyl (C=O) groups excluding carboxylic acids is 2. The fraction of sp³-hybridized carbons (Fsp3) is 0.154. The molecule has 0 aromatic heterocycles. The van der Waals surface area contributed by atoms with Crippen LogP contribution in [0, 0.1) is 5.41 Å². The second-order valence-electron chi connectivity index (χ2n) is 8.33. The number of aromatic hydroxyl groups is 1. The molecule has 4 heteroatoms. The Bertz CT molecular complexity index is 1300. The van der Waals surface area contributed by atoms with Crippen molar-refractivity contribution in [1.29, 1.82) is 0 Å². The normalized spacial score (nSPS) is 11.6. The summed E-state index contributed by atoms with van der Waals surface area (Å²) in [6.07, 6.45) is 0.636. The third-order valence-electron chi connectivity index (χ3n) is 5.13. The summed E-state index contributed by atoms with van der Waals surface area (Å²) in [5, 5.41) is 14.4. The first-order chi connectivity index (χ1) is 14.3. The molecule has 150 valence electrons. The Morgan fingerprint density at radius 1 is 0.867 bits per heavy atom. The van der Waals surface area contributed by atoms with E-state index >= 15 is 0 Å². The molecule has 4 aromatic rings. The summed E-state index contributed by atoms with van der Waals surface area (Å²) in [7, 11) is 0. The predicted molar refractivity (Wildman–Crippen MR) is 119 cm³/mol. The summed E-state index contributed by atoms with van der Waals surface area (Å²) in [5.74, 6) is -0.167. The first-order valence-corrected chi connectivity index (χ1v) is 9.75. The van der Waals surface area contributed by atoms with Crippen LogP contribution in [0.25, 0.3) is 32.7 Å². The number of ether oxygens (including phenoxy) is 1. The lowest BCUT2D eigenvalue weighted by Gasteiger charge is -2.21. The highest BCUT2D eigenvalue weighted by Gasteiger charge is 2.27. The van der Waals surface area contributed by atoms with Gasteiger partial charge in [0.05, 0.1) is 11.0 Å². The van der Waals surface area contributed by atoms with Gasteiger partial charge >= 0.3 is 5.97 Å². The topological polar surface area (TPSA) is 63.6 Å². The molecule has 0 bridgehead atoms. The number of phenols is 1. The SMILES string of the molecule is CC(C)(C)C(=O)Oc1ccc2ccccc2c1-c1c(O)c(C=O)cc2ccccc12. The smallest absolute Gasteiger partial charge is 0.316 e. The number of phenolic OH excluding ortho intramolecular Hbond substituents is 1. The third kappa shape index (κ3) is 3.30. The van der Waals surface area contributed by atoms with Crippen molar-refractivity contribution in [3.8, 4) is 22.6 Å². The van der Waals surface area contributed by atoms with E-state index in [0.717, 1.165) is 21.5 Å². The fourth-order valence-corrected chi connectivity index (χ4v) is 3.55. The van der Waals surface area contributed by atoms with Crippen LogP contribution in [0.15, 0.2) is 66.7 Å². The third-order valence-corrected chi connectivity index (χ3v) is 5.13. The minimum Gasteiger partial charge on any atom is -0.507 e. The molecule has 0 aliphatic heterocycles. The Morgan fingerprint density at radius 3 is 2.10 bits per heavy atom. The highest BCUT2D eigenvalue weighted by molar-refractivity contribution is 6.12. The van der Waals surface area contributed by atoms with E-state index in [0.29, 0.717) is 23.2 Å². The van der Waals surface area contributed by atoms with Crippen molar-refractivity contribution in [2.24, 2.45) is 5.41 Å². The van der Waals surface area contributed by atoms with Crippen LogP contribution in [0.5, 0.6) is 11.5 Å². The lowest BCUT2D eigenvalue weighted by Crippen LogP contribution is -2.25. The summed E-state index contributed by atoms with van der Waals surface area (Å²) < 4.78 is 5.81. The minimum absolute atomic E-state index is 0.131. The van der Waals surface area contributed by atoms with Crippen molar-refractivity contribution < 1.29 is 19.4 Å². The molecular formula is C26H22O4. The number of benzene rings is 4. The lowest BCUT2D eigenvalue weighted by molar-refractivity contribution is -0.142. The van der Waals surface area contributed by atoms with Crippen molar-refractivity contribution in [1.82, 2.24) is 0 Å². The Hall–Kier alpha value is -3.66. The van der Waals surface area contributed by atoms with E-state index in [9.17, 15) is 14.7 Å². The maximum absolute atomic E-state index is 12.7. The van der Waals surface area contributed by atoms with E-state index in [1.807, 2.05) is 54.6 Å². The van der Waals surface area contributed by atoms with Gasteiger partial charge in [-0.1, -0.05) is 54.6 Å². The van der Waals surface area contributed by atoms with E-state index < -0.39 is 5.41 Å². The molecule has 4 rings (SSSR count). The number of hydrogen-bond donors (Lipinski definition) is 1. The van der Waals surface area contributed by atoms with Gasteiger partial charge in [-0.2, -0.15) is 0 Å². The van der Waals surface area contributed by atoms with Crippen molar-refractivity contribution in [3.63, 3.8) is 0 Å². The maximum Gasteiger partial charge on any atom is 0.316 e. The zero-order valence-electron chi connectivity index (χ0n) is 17.1. The monoisotopic (exact) mass is 398 g/mol. The Labute approximate surface area is 174 Å². The predicted octanol–water partition coefficient (Wildman–Crippen LogP) is 6.13. The van der Waals surface area contributed by atoms with Crippen LogP contribution >= 0.6 is 0 Å². The van der Waals surface area contributed by atoms with E-state index in [-0.39, 0.29) is 17.3 Å². The number of fused-ring (bicyclic) bond motifs is 2. The molecule has 4 nitrogen and oxygen atoms in total. The molecular weight excluding hydrogens is 376 g/mol. The quantitative estimate of drug-likeness (QED) is 0.256. The first kappa shape index (κ1) is 19.6. The van der Waals surface area contributed by atoms with Crippen molar-refractivity contribution in [3.05, 3.63) is 72.3 Å². The van der Waals surface area contributed by atoms with Crippen molar-refractivity contribution >= 4 is 33.8 Å². The van der Waals surface area contributed by atoms with Crippen LogP contribution in [0.3, 0.4) is 0 Å². The minimum atomic E-state index is -0.697. The molecule has 0 amide bonds. The molecule has 0 saturated carbocycles. The van der Waals surface area contributed by atoms with Gasteiger partial charge in [-0.3, -0.25) is 9.59 Å². The molecule has 0 aliphatic carbocycles. The average Bonchev–Trinajstić information content (AvgIpc) is 2.73. The zero-order chi connectivity index (χ0) is 21.5. The number of aldehydes is 1. The molecule has 0 saturated heterocycles. The van der Waals surface area contributed by atoms with Gasteiger partial charge in [-0.05, 0) is 54.4 Å². The van der Waals surface area contributed by atoms with Crippen LogP contribution in [0.2, 0.25) is 0 Å². The van der Waals surface area contributed by atoms with E-state index in [2.05, 4.69) is 0 Å². The van der Waals surface area contributed by atoms with Gasteiger partial charge < -0.3 is 9.84 Å². The Kier molecular flexibility index (Phi) is 4.78. The molecule has 4 aromatic carbocycles. The van der Waals surface area contributed by atoms with Crippen LogP contribution in [-0.2, 0) is 4.79 Å². The van der Waals surface area contributed by atoms with E-state index in [1.165, 1.54) is 0 Å². The zero-order valence-corrected chi connectivity index (χ0v) is 17.1. The molecule has 0 atom stereocenters. The van der Waals surface area contributed by atoms with Gasteiger partial charge in [0.1, 0.15) is 11.5 Å².